The van der Waals surface area contributed by atoms with Crippen molar-refractivity contribution >= 4 is 44.8 Å². The molecule has 1 heterocycles. The molecule has 0 radical (unpaired) electrons. The normalized spacial score (nSPS) is 18.5. The third-order valence-electron chi connectivity index (χ3n) is 3.34. The van der Waals surface area contributed by atoms with Crippen molar-refractivity contribution in [2.75, 3.05) is 0 Å². The van der Waals surface area contributed by atoms with Crippen molar-refractivity contribution < 1.29 is 9.53 Å². The van der Waals surface area contributed by atoms with E-state index < -0.39 is 0 Å². The van der Waals surface area contributed by atoms with Gasteiger partial charge in [-0.2, -0.15) is 0 Å². The molecule has 136 valence electrons. The molecule has 0 saturated carbocycles. The summed E-state index contributed by atoms with van der Waals surface area (Å²) in [4.78, 5) is 19.8. The van der Waals surface area contributed by atoms with Crippen molar-refractivity contribution in [2.45, 2.75) is 59.7 Å². The molecular formula is C19H25BrN2O2S. The number of aliphatic imine (C=N–C) groups is 1. The molecule has 1 amide bonds. The van der Waals surface area contributed by atoms with Crippen LogP contribution in [0.3, 0.4) is 0 Å². The Morgan fingerprint density at radius 3 is 2.40 bits per heavy atom. The largest absolute Gasteiger partial charge is 0.490 e. The molecule has 4 nitrogen and oxygen atoms in total. The first-order chi connectivity index (χ1) is 11.7. The Morgan fingerprint density at radius 2 is 1.88 bits per heavy atom. The van der Waals surface area contributed by atoms with Crippen LogP contribution in [-0.4, -0.2) is 34.2 Å². The summed E-state index contributed by atoms with van der Waals surface area (Å²) >= 11 is 4.98. The summed E-state index contributed by atoms with van der Waals surface area (Å²) in [5, 5.41) is 0.778. The molecule has 1 fully saturated rings. The number of halogens is 1. The van der Waals surface area contributed by atoms with Crippen LogP contribution in [0.5, 0.6) is 5.75 Å². The number of carbonyl (C=O) groups is 1. The highest BCUT2D eigenvalue weighted by molar-refractivity contribution is 9.10. The Hall–Kier alpha value is -1.27. The Bertz CT molecular complexity index is 711. The predicted octanol–water partition coefficient (Wildman–Crippen LogP) is 5.33. The fraction of sp³-hybridized carbons (Fsp3) is 0.474. The average Bonchev–Trinajstić information content (AvgIpc) is 2.76. The van der Waals surface area contributed by atoms with Gasteiger partial charge in [-0.3, -0.25) is 14.7 Å². The lowest BCUT2D eigenvalue weighted by Gasteiger charge is -2.20. The fourth-order valence-corrected chi connectivity index (χ4v) is 4.08. The molecule has 2 rings (SSSR count). The van der Waals surface area contributed by atoms with E-state index in [9.17, 15) is 4.79 Å². The maximum Gasteiger partial charge on any atom is 0.266 e. The molecule has 0 N–H and O–H groups in total. The minimum Gasteiger partial charge on any atom is -0.490 e. The maximum absolute atomic E-state index is 12.8. The van der Waals surface area contributed by atoms with E-state index >= 15 is 0 Å². The van der Waals surface area contributed by atoms with Gasteiger partial charge in [-0.05, 0) is 93.0 Å². The summed E-state index contributed by atoms with van der Waals surface area (Å²) < 4.78 is 6.61. The molecule has 0 unspecified atom stereocenters. The molecule has 1 aromatic carbocycles. The summed E-state index contributed by atoms with van der Waals surface area (Å²) in [7, 11) is 0. The second-order valence-corrected chi connectivity index (χ2v) is 8.60. The van der Waals surface area contributed by atoms with Gasteiger partial charge in [0.1, 0.15) is 5.75 Å². The van der Waals surface area contributed by atoms with Gasteiger partial charge in [-0.25, -0.2) is 0 Å². The molecule has 0 bridgehead atoms. The van der Waals surface area contributed by atoms with E-state index in [-0.39, 0.29) is 24.1 Å². The summed E-state index contributed by atoms with van der Waals surface area (Å²) in [5.74, 6) is 0.812. The number of rotatable bonds is 5. The summed E-state index contributed by atoms with van der Waals surface area (Å²) in [5.41, 5.74) is 0.952. The highest BCUT2D eigenvalue weighted by Gasteiger charge is 2.35. The van der Waals surface area contributed by atoms with Crippen LogP contribution >= 0.6 is 27.7 Å². The van der Waals surface area contributed by atoms with Crippen LogP contribution < -0.4 is 4.74 Å². The van der Waals surface area contributed by atoms with Gasteiger partial charge in [0, 0.05) is 12.1 Å². The van der Waals surface area contributed by atoms with E-state index in [4.69, 9.17) is 4.74 Å². The first kappa shape index (κ1) is 20.0. The van der Waals surface area contributed by atoms with E-state index in [1.54, 1.807) is 4.90 Å². The van der Waals surface area contributed by atoms with Crippen molar-refractivity contribution in [1.29, 1.82) is 0 Å². The van der Waals surface area contributed by atoms with Crippen LogP contribution in [0.25, 0.3) is 6.08 Å². The highest BCUT2D eigenvalue weighted by atomic mass is 79.9. The number of carbonyl (C=O) groups excluding carboxylic acids is 1. The topological polar surface area (TPSA) is 41.9 Å². The molecule has 25 heavy (non-hydrogen) atoms. The third-order valence-corrected chi connectivity index (χ3v) is 4.96. The number of nitrogens with zero attached hydrogens (tertiary/aromatic N) is 2. The van der Waals surface area contributed by atoms with E-state index in [1.165, 1.54) is 11.8 Å². The van der Waals surface area contributed by atoms with E-state index in [0.717, 1.165) is 21.0 Å². The zero-order valence-electron chi connectivity index (χ0n) is 15.5. The minimum absolute atomic E-state index is 0.0121. The Balaban J connectivity index is 2.32. The van der Waals surface area contributed by atoms with Crippen LogP contribution in [0.15, 0.2) is 32.6 Å². The van der Waals surface area contributed by atoms with Gasteiger partial charge in [-0.1, -0.05) is 6.07 Å². The van der Waals surface area contributed by atoms with Gasteiger partial charge in [0.25, 0.3) is 5.91 Å². The SMILES string of the molecule is CC(C)N=C1S/C(=C/c2ccc(OC(C)C)c(Br)c2)C(=O)N1C(C)C. The molecule has 1 aliphatic rings. The highest BCUT2D eigenvalue weighted by Crippen LogP contribution is 2.35. The fourth-order valence-electron chi connectivity index (χ4n) is 2.36. The van der Waals surface area contributed by atoms with Crippen LogP contribution in [0.2, 0.25) is 0 Å². The summed E-state index contributed by atoms with van der Waals surface area (Å²) in [6.07, 6.45) is 2.02. The van der Waals surface area contributed by atoms with Crippen LogP contribution in [0, 0.1) is 0 Å². The van der Waals surface area contributed by atoms with Crippen LogP contribution in [0.4, 0.5) is 0 Å². The number of amides is 1. The van der Waals surface area contributed by atoms with Gasteiger partial charge in [0.2, 0.25) is 0 Å². The Kier molecular flexibility index (Phi) is 6.74. The van der Waals surface area contributed by atoms with E-state index in [1.807, 2.05) is 65.8 Å². The molecule has 0 aliphatic carbocycles. The lowest BCUT2D eigenvalue weighted by molar-refractivity contribution is -0.123. The number of ether oxygens (including phenoxy) is 1. The quantitative estimate of drug-likeness (QED) is 0.600. The van der Waals surface area contributed by atoms with Crippen molar-refractivity contribution in [2.24, 2.45) is 4.99 Å². The van der Waals surface area contributed by atoms with E-state index in [0.29, 0.717) is 4.91 Å². The molecule has 1 aliphatic heterocycles. The number of thioether (sulfide) groups is 1. The lowest BCUT2D eigenvalue weighted by Crippen LogP contribution is -2.35. The lowest BCUT2D eigenvalue weighted by atomic mass is 10.2. The maximum atomic E-state index is 12.8. The predicted molar refractivity (Wildman–Crippen MR) is 110 cm³/mol. The van der Waals surface area contributed by atoms with Crippen molar-refractivity contribution in [3.05, 3.63) is 33.1 Å². The monoisotopic (exact) mass is 424 g/mol. The summed E-state index contributed by atoms with van der Waals surface area (Å²) in [6, 6.07) is 6.08. The molecule has 6 heteroatoms. The van der Waals surface area contributed by atoms with Gasteiger partial charge >= 0.3 is 0 Å². The van der Waals surface area contributed by atoms with Crippen molar-refractivity contribution in [1.82, 2.24) is 4.90 Å². The molecular weight excluding hydrogens is 400 g/mol. The first-order valence-corrected chi connectivity index (χ1v) is 10.1. The second-order valence-electron chi connectivity index (χ2n) is 6.74. The third kappa shape index (κ3) is 5.11. The molecule has 1 aromatic rings. The van der Waals surface area contributed by atoms with Gasteiger partial charge < -0.3 is 4.74 Å². The number of amidine groups is 1. The molecule has 0 atom stereocenters. The first-order valence-electron chi connectivity index (χ1n) is 8.46. The smallest absolute Gasteiger partial charge is 0.266 e. The Morgan fingerprint density at radius 1 is 1.20 bits per heavy atom. The van der Waals surface area contributed by atoms with Crippen LogP contribution in [0.1, 0.15) is 47.1 Å². The van der Waals surface area contributed by atoms with Gasteiger partial charge in [-0.15, -0.1) is 0 Å². The molecule has 1 saturated heterocycles. The van der Waals surface area contributed by atoms with Crippen molar-refractivity contribution in [3.8, 4) is 5.75 Å². The zero-order chi connectivity index (χ0) is 18.7. The molecule has 0 aromatic heterocycles. The number of hydrogen-bond acceptors (Lipinski definition) is 4. The van der Waals surface area contributed by atoms with E-state index in [2.05, 4.69) is 20.9 Å². The second kappa shape index (κ2) is 8.41. The molecule has 0 spiro atoms. The zero-order valence-corrected chi connectivity index (χ0v) is 17.9. The minimum atomic E-state index is 0.0121. The van der Waals surface area contributed by atoms with Gasteiger partial charge in [0.15, 0.2) is 5.17 Å². The van der Waals surface area contributed by atoms with Crippen molar-refractivity contribution in [3.63, 3.8) is 0 Å². The number of hydrogen-bond donors (Lipinski definition) is 0. The summed E-state index contributed by atoms with van der Waals surface area (Å²) in [6.45, 7) is 12.0. The standard InChI is InChI=1S/C19H25BrN2O2S/c1-11(2)21-19-22(12(3)4)18(23)17(25-19)10-14-7-8-16(15(20)9-14)24-13(5)6/h7-13H,1-6H3/b17-10+,21-19?. The average molecular weight is 425 g/mol. The van der Waals surface area contributed by atoms with Crippen LogP contribution in [-0.2, 0) is 4.79 Å². The van der Waals surface area contributed by atoms with Gasteiger partial charge in [0.05, 0.1) is 15.5 Å². The Labute approximate surface area is 162 Å². The number of benzene rings is 1.